The highest BCUT2D eigenvalue weighted by atomic mass is 16.5. The molecule has 0 amide bonds. The van der Waals surface area contributed by atoms with Crippen LogP contribution in [0.4, 0.5) is 0 Å². The summed E-state index contributed by atoms with van der Waals surface area (Å²) in [5.74, 6) is 2.32. The van der Waals surface area contributed by atoms with Crippen LogP contribution in [0.3, 0.4) is 0 Å². The molecule has 1 fully saturated rings. The van der Waals surface area contributed by atoms with E-state index in [0.29, 0.717) is 12.0 Å². The number of likely N-dealkylation sites (tertiary alicyclic amines) is 1. The smallest absolute Gasteiger partial charge is 0.118 e. The first-order valence-corrected chi connectivity index (χ1v) is 7.77. The Kier molecular flexibility index (Phi) is 5.44. The second-order valence-electron chi connectivity index (χ2n) is 5.95. The lowest BCUT2D eigenvalue weighted by Gasteiger charge is -2.41. The number of nitrogens with two attached hydrogens (primary N) is 1. The molecule has 0 bridgehead atoms. The average molecular weight is 276 g/mol. The summed E-state index contributed by atoms with van der Waals surface area (Å²) in [6.07, 6.45) is 2.40. The van der Waals surface area contributed by atoms with Crippen molar-refractivity contribution in [2.75, 3.05) is 26.7 Å². The minimum atomic E-state index is 0.502. The van der Waals surface area contributed by atoms with Crippen LogP contribution in [0.2, 0.25) is 0 Å². The average Bonchev–Trinajstić information content (AvgIpc) is 2.50. The Morgan fingerprint density at radius 2 is 2.05 bits per heavy atom. The predicted octanol–water partition coefficient (Wildman–Crippen LogP) is 3.06. The third kappa shape index (κ3) is 3.33. The third-order valence-electron chi connectivity index (χ3n) is 4.78. The fraction of sp³-hybridized carbons (Fsp3) is 0.647. The zero-order valence-corrected chi connectivity index (χ0v) is 13.0. The maximum atomic E-state index is 5.93. The zero-order chi connectivity index (χ0) is 14.5. The van der Waals surface area contributed by atoms with Crippen molar-refractivity contribution in [3.05, 3.63) is 29.8 Å². The number of benzene rings is 1. The lowest BCUT2D eigenvalue weighted by Crippen LogP contribution is -2.44. The first kappa shape index (κ1) is 15.3. The van der Waals surface area contributed by atoms with Gasteiger partial charge in [0.2, 0.25) is 0 Å². The largest absolute Gasteiger partial charge is 0.497 e. The molecule has 0 aliphatic carbocycles. The highest BCUT2D eigenvalue weighted by molar-refractivity contribution is 5.29. The molecule has 1 aromatic carbocycles. The summed E-state index contributed by atoms with van der Waals surface area (Å²) < 4.78 is 5.25. The number of piperidine rings is 1. The molecular formula is C17H28N2O. The molecule has 1 aliphatic heterocycles. The second-order valence-corrected chi connectivity index (χ2v) is 5.95. The van der Waals surface area contributed by atoms with Crippen LogP contribution in [-0.4, -0.2) is 31.6 Å². The van der Waals surface area contributed by atoms with E-state index < -0.39 is 0 Å². The lowest BCUT2D eigenvalue weighted by atomic mass is 9.85. The summed E-state index contributed by atoms with van der Waals surface area (Å²) in [5, 5.41) is 0. The Labute approximate surface area is 123 Å². The molecule has 1 heterocycles. The normalized spacial score (nSPS) is 25.4. The van der Waals surface area contributed by atoms with Crippen molar-refractivity contribution in [1.82, 2.24) is 4.90 Å². The third-order valence-corrected chi connectivity index (χ3v) is 4.78. The van der Waals surface area contributed by atoms with Crippen LogP contribution in [-0.2, 0) is 0 Å². The standard InChI is InChI=1S/C17H28N2O/c1-4-17(14-5-7-16(20-3)8-6-14)19-10-9-13(2)15(11-18)12-19/h5-8,13,15,17H,4,9-12,18H2,1-3H3. The molecule has 0 saturated carbocycles. The summed E-state index contributed by atoms with van der Waals surface area (Å²) in [5.41, 5.74) is 7.32. The highest BCUT2D eigenvalue weighted by Crippen LogP contribution is 2.32. The van der Waals surface area contributed by atoms with Gasteiger partial charge in [-0.25, -0.2) is 0 Å². The Hall–Kier alpha value is -1.06. The van der Waals surface area contributed by atoms with Gasteiger partial charge in [-0.3, -0.25) is 4.90 Å². The van der Waals surface area contributed by atoms with E-state index >= 15 is 0 Å². The molecule has 20 heavy (non-hydrogen) atoms. The molecule has 0 spiro atoms. The van der Waals surface area contributed by atoms with Gasteiger partial charge >= 0.3 is 0 Å². The van der Waals surface area contributed by atoms with Crippen LogP contribution in [0, 0.1) is 11.8 Å². The van der Waals surface area contributed by atoms with Crippen LogP contribution in [0.15, 0.2) is 24.3 Å². The second kappa shape index (κ2) is 7.09. The van der Waals surface area contributed by atoms with Gasteiger partial charge in [0.15, 0.2) is 0 Å². The predicted molar refractivity (Wildman–Crippen MR) is 83.9 cm³/mol. The summed E-state index contributed by atoms with van der Waals surface area (Å²) in [7, 11) is 1.71. The van der Waals surface area contributed by atoms with Gasteiger partial charge in [-0.05, 0) is 55.5 Å². The molecule has 2 N–H and O–H groups in total. The highest BCUT2D eigenvalue weighted by Gasteiger charge is 2.29. The molecule has 0 aromatic heterocycles. The summed E-state index contributed by atoms with van der Waals surface area (Å²) in [6.45, 7) is 7.72. The molecule has 3 nitrogen and oxygen atoms in total. The number of ether oxygens (including phenoxy) is 1. The molecule has 1 aromatic rings. The van der Waals surface area contributed by atoms with Crippen LogP contribution in [0.25, 0.3) is 0 Å². The number of methoxy groups -OCH3 is 1. The monoisotopic (exact) mass is 276 g/mol. The van der Waals surface area contributed by atoms with Crippen molar-refractivity contribution in [3.8, 4) is 5.75 Å². The molecule has 3 heteroatoms. The van der Waals surface area contributed by atoms with E-state index in [1.165, 1.54) is 18.5 Å². The number of rotatable bonds is 5. The first-order valence-electron chi connectivity index (χ1n) is 7.77. The molecule has 3 atom stereocenters. The van der Waals surface area contributed by atoms with Crippen molar-refractivity contribution in [2.45, 2.75) is 32.7 Å². The fourth-order valence-electron chi connectivity index (χ4n) is 3.30. The maximum absolute atomic E-state index is 5.93. The molecular weight excluding hydrogens is 248 g/mol. The van der Waals surface area contributed by atoms with E-state index in [2.05, 4.69) is 43.0 Å². The van der Waals surface area contributed by atoms with Gasteiger partial charge < -0.3 is 10.5 Å². The van der Waals surface area contributed by atoms with Crippen molar-refractivity contribution < 1.29 is 4.74 Å². The molecule has 2 rings (SSSR count). The molecule has 1 saturated heterocycles. The van der Waals surface area contributed by atoms with Crippen molar-refractivity contribution in [1.29, 1.82) is 0 Å². The van der Waals surface area contributed by atoms with Crippen LogP contribution in [0.1, 0.15) is 38.3 Å². The van der Waals surface area contributed by atoms with Gasteiger partial charge in [0.25, 0.3) is 0 Å². The Bertz CT molecular complexity index is 404. The van der Waals surface area contributed by atoms with Crippen LogP contribution >= 0.6 is 0 Å². The SMILES string of the molecule is CCC(c1ccc(OC)cc1)N1CCC(C)C(CN)C1. The van der Waals surface area contributed by atoms with Gasteiger partial charge in [0.05, 0.1) is 7.11 Å². The number of hydrogen-bond donors (Lipinski definition) is 1. The van der Waals surface area contributed by atoms with E-state index in [1.54, 1.807) is 7.11 Å². The van der Waals surface area contributed by atoms with E-state index in [-0.39, 0.29) is 0 Å². The quantitative estimate of drug-likeness (QED) is 0.898. The summed E-state index contributed by atoms with van der Waals surface area (Å²) >= 11 is 0. The maximum Gasteiger partial charge on any atom is 0.118 e. The van der Waals surface area contributed by atoms with E-state index in [9.17, 15) is 0 Å². The Morgan fingerprint density at radius 1 is 1.35 bits per heavy atom. The first-order chi connectivity index (χ1) is 9.69. The Morgan fingerprint density at radius 3 is 2.60 bits per heavy atom. The fourth-order valence-corrected chi connectivity index (χ4v) is 3.30. The zero-order valence-electron chi connectivity index (χ0n) is 13.0. The van der Waals surface area contributed by atoms with Crippen LogP contribution in [0.5, 0.6) is 5.75 Å². The minimum absolute atomic E-state index is 0.502. The molecule has 3 unspecified atom stereocenters. The van der Waals surface area contributed by atoms with E-state index in [1.807, 2.05) is 0 Å². The minimum Gasteiger partial charge on any atom is -0.497 e. The van der Waals surface area contributed by atoms with Gasteiger partial charge in [-0.1, -0.05) is 26.0 Å². The summed E-state index contributed by atoms with van der Waals surface area (Å²) in [6, 6.07) is 9.02. The molecule has 112 valence electrons. The lowest BCUT2D eigenvalue weighted by molar-refractivity contribution is 0.0885. The number of hydrogen-bond acceptors (Lipinski definition) is 3. The van der Waals surface area contributed by atoms with Crippen molar-refractivity contribution in [3.63, 3.8) is 0 Å². The van der Waals surface area contributed by atoms with Crippen LogP contribution < -0.4 is 10.5 Å². The molecule has 0 radical (unpaired) electrons. The van der Waals surface area contributed by atoms with E-state index in [0.717, 1.165) is 31.2 Å². The van der Waals surface area contributed by atoms with Gasteiger partial charge in [0.1, 0.15) is 5.75 Å². The van der Waals surface area contributed by atoms with Gasteiger partial charge in [0, 0.05) is 12.6 Å². The van der Waals surface area contributed by atoms with Crippen molar-refractivity contribution >= 4 is 0 Å². The van der Waals surface area contributed by atoms with Gasteiger partial charge in [-0.2, -0.15) is 0 Å². The summed E-state index contributed by atoms with van der Waals surface area (Å²) in [4.78, 5) is 2.61. The van der Waals surface area contributed by atoms with E-state index in [4.69, 9.17) is 10.5 Å². The van der Waals surface area contributed by atoms with Gasteiger partial charge in [-0.15, -0.1) is 0 Å². The topological polar surface area (TPSA) is 38.5 Å². The Balaban J connectivity index is 2.10. The van der Waals surface area contributed by atoms with Crippen molar-refractivity contribution in [2.24, 2.45) is 17.6 Å². The molecule has 1 aliphatic rings. The number of nitrogens with zero attached hydrogens (tertiary/aromatic N) is 1.